The highest BCUT2D eigenvalue weighted by atomic mass is 32.1. The van der Waals surface area contributed by atoms with Gasteiger partial charge in [0, 0.05) is 17.2 Å². The van der Waals surface area contributed by atoms with Crippen LogP contribution in [0.3, 0.4) is 0 Å². The van der Waals surface area contributed by atoms with E-state index in [1.807, 2.05) is 35.7 Å². The third-order valence-corrected chi connectivity index (χ3v) is 5.55. The van der Waals surface area contributed by atoms with Crippen molar-refractivity contribution in [1.82, 2.24) is 10.3 Å². The molecule has 0 saturated heterocycles. The molecule has 2 aromatic heterocycles. The third kappa shape index (κ3) is 3.83. The maximum Gasteiger partial charge on any atom is 0.217 e. The first kappa shape index (κ1) is 17.4. The predicted molar refractivity (Wildman–Crippen MR) is 101 cm³/mol. The smallest absolute Gasteiger partial charge is 0.217 e. The number of carbonyl (C=O) groups excluding carboxylic acids is 1. The van der Waals surface area contributed by atoms with E-state index in [1.54, 1.807) is 36.9 Å². The van der Waals surface area contributed by atoms with Gasteiger partial charge in [0.25, 0.3) is 0 Å². The van der Waals surface area contributed by atoms with Crippen LogP contribution in [0.15, 0.2) is 35.7 Å². The number of para-hydroxylation sites is 1. The van der Waals surface area contributed by atoms with Crippen molar-refractivity contribution in [1.29, 1.82) is 0 Å². The second-order valence-corrected chi connectivity index (χ2v) is 7.28. The average Bonchev–Trinajstić information content (AvgIpc) is 3.28. The standard InChI is InChI=1S/C18H18N2O3S2/c1-11(21)19-9-12-7-8-16(25-12)14-10-24-18(20-14)13-5-4-6-15(22-2)17(13)23-3/h4-8,10H,9H2,1-3H3,(H,19,21). The van der Waals surface area contributed by atoms with Gasteiger partial charge in [-0.3, -0.25) is 4.79 Å². The first-order valence-electron chi connectivity index (χ1n) is 7.62. The number of hydrogen-bond acceptors (Lipinski definition) is 6. The zero-order valence-corrected chi connectivity index (χ0v) is 15.8. The summed E-state index contributed by atoms with van der Waals surface area (Å²) in [6.45, 7) is 2.06. The van der Waals surface area contributed by atoms with Gasteiger partial charge < -0.3 is 14.8 Å². The van der Waals surface area contributed by atoms with Crippen LogP contribution in [0.4, 0.5) is 0 Å². The number of methoxy groups -OCH3 is 2. The molecule has 0 aliphatic carbocycles. The van der Waals surface area contributed by atoms with E-state index in [-0.39, 0.29) is 5.91 Å². The maximum absolute atomic E-state index is 11.0. The van der Waals surface area contributed by atoms with Crippen LogP contribution in [0, 0.1) is 0 Å². The fraction of sp³-hybridized carbons (Fsp3) is 0.222. The van der Waals surface area contributed by atoms with Gasteiger partial charge in [0.15, 0.2) is 11.5 Å². The molecule has 3 aromatic rings. The molecule has 25 heavy (non-hydrogen) atoms. The van der Waals surface area contributed by atoms with E-state index >= 15 is 0 Å². The normalized spacial score (nSPS) is 10.5. The predicted octanol–water partition coefficient (Wildman–Crippen LogP) is 4.19. The van der Waals surface area contributed by atoms with E-state index < -0.39 is 0 Å². The molecule has 130 valence electrons. The van der Waals surface area contributed by atoms with E-state index in [9.17, 15) is 4.79 Å². The summed E-state index contributed by atoms with van der Waals surface area (Å²) in [5.74, 6) is 1.34. The van der Waals surface area contributed by atoms with Crippen molar-refractivity contribution in [2.45, 2.75) is 13.5 Å². The highest BCUT2D eigenvalue weighted by Gasteiger charge is 2.15. The van der Waals surface area contributed by atoms with Crippen molar-refractivity contribution in [3.05, 3.63) is 40.6 Å². The molecular weight excluding hydrogens is 356 g/mol. The largest absolute Gasteiger partial charge is 0.493 e. The number of carbonyl (C=O) groups is 1. The van der Waals surface area contributed by atoms with Crippen LogP contribution in [0.5, 0.6) is 11.5 Å². The molecule has 3 rings (SSSR count). The van der Waals surface area contributed by atoms with E-state index in [0.717, 1.165) is 26.0 Å². The summed E-state index contributed by atoms with van der Waals surface area (Å²) in [5, 5.41) is 5.72. The van der Waals surface area contributed by atoms with Crippen LogP contribution < -0.4 is 14.8 Å². The molecule has 0 radical (unpaired) electrons. The van der Waals surface area contributed by atoms with Crippen LogP contribution >= 0.6 is 22.7 Å². The number of thiazole rings is 1. The first-order chi connectivity index (χ1) is 12.1. The van der Waals surface area contributed by atoms with Gasteiger partial charge in [-0.05, 0) is 24.3 Å². The van der Waals surface area contributed by atoms with Gasteiger partial charge in [-0.1, -0.05) is 6.07 Å². The number of nitrogens with one attached hydrogen (secondary N) is 1. The number of aromatic nitrogens is 1. The molecule has 1 aromatic carbocycles. The van der Waals surface area contributed by atoms with Crippen molar-refractivity contribution in [3.63, 3.8) is 0 Å². The number of benzene rings is 1. The van der Waals surface area contributed by atoms with Crippen LogP contribution in [-0.2, 0) is 11.3 Å². The van der Waals surface area contributed by atoms with Crippen molar-refractivity contribution in [3.8, 4) is 32.6 Å². The molecule has 7 heteroatoms. The van der Waals surface area contributed by atoms with Crippen LogP contribution in [0.25, 0.3) is 21.1 Å². The van der Waals surface area contributed by atoms with Gasteiger partial charge in [0.1, 0.15) is 5.01 Å². The SMILES string of the molecule is COc1cccc(-c2nc(-c3ccc(CNC(C)=O)s3)cs2)c1OC. The average molecular weight is 374 g/mol. The third-order valence-electron chi connectivity index (χ3n) is 3.56. The minimum Gasteiger partial charge on any atom is -0.493 e. The highest BCUT2D eigenvalue weighted by molar-refractivity contribution is 7.16. The number of thiophene rings is 1. The van der Waals surface area contributed by atoms with Crippen molar-refractivity contribution < 1.29 is 14.3 Å². The van der Waals surface area contributed by atoms with Gasteiger partial charge in [-0.15, -0.1) is 22.7 Å². The summed E-state index contributed by atoms with van der Waals surface area (Å²) in [7, 11) is 3.25. The zero-order valence-electron chi connectivity index (χ0n) is 14.2. The van der Waals surface area contributed by atoms with Crippen molar-refractivity contribution in [2.24, 2.45) is 0 Å². The van der Waals surface area contributed by atoms with Crippen LogP contribution in [-0.4, -0.2) is 25.1 Å². The van der Waals surface area contributed by atoms with Crippen molar-refractivity contribution in [2.75, 3.05) is 14.2 Å². The lowest BCUT2D eigenvalue weighted by Gasteiger charge is -2.10. The molecule has 0 aliphatic rings. The Morgan fingerprint density at radius 3 is 2.76 bits per heavy atom. The molecule has 0 unspecified atom stereocenters. The number of amides is 1. The lowest BCUT2D eigenvalue weighted by molar-refractivity contribution is -0.119. The molecule has 0 aliphatic heterocycles. The quantitative estimate of drug-likeness (QED) is 0.703. The summed E-state index contributed by atoms with van der Waals surface area (Å²) >= 11 is 3.19. The minimum absolute atomic E-state index is 0.0315. The Hall–Kier alpha value is -2.38. The number of hydrogen-bond donors (Lipinski definition) is 1. The Bertz CT molecular complexity index is 886. The second-order valence-electron chi connectivity index (χ2n) is 5.25. The first-order valence-corrected chi connectivity index (χ1v) is 9.32. The lowest BCUT2D eigenvalue weighted by atomic mass is 10.2. The van der Waals surface area contributed by atoms with Crippen LogP contribution in [0.1, 0.15) is 11.8 Å². The Morgan fingerprint density at radius 2 is 2.04 bits per heavy atom. The molecule has 0 bridgehead atoms. The molecule has 0 fully saturated rings. The zero-order chi connectivity index (χ0) is 17.8. The molecule has 0 saturated carbocycles. The molecule has 0 atom stereocenters. The molecule has 0 spiro atoms. The Kier molecular flexibility index (Phi) is 5.35. The van der Waals surface area contributed by atoms with Gasteiger partial charge in [0.05, 0.1) is 36.9 Å². The fourth-order valence-electron chi connectivity index (χ4n) is 2.39. The highest BCUT2D eigenvalue weighted by Crippen LogP contribution is 2.40. The van der Waals surface area contributed by atoms with E-state index in [0.29, 0.717) is 18.0 Å². The molecular formula is C18H18N2O3S2. The molecule has 5 nitrogen and oxygen atoms in total. The van der Waals surface area contributed by atoms with Gasteiger partial charge in [-0.25, -0.2) is 4.98 Å². The maximum atomic E-state index is 11.0. The number of rotatable bonds is 6. The lowest BCUT2D eigenvalue weighted by Crippen LogP contribution is -2.17. The molecule has 2 heterocycles. The fourth-order valence-corrected chi connectivity index (χ4v) is 4.21. The summed E-state index contributed by atoms with van der Waals surface area (Å²) in [6, 6.07) is 9.81. The number of ether oxygens (including phenoxy) is 2. The van der Waals surface area contributed by atoms with Gasteiger partial charge in [0.2, 0.25) is 5.91 Å². The Labute approximate surface area is 154 Å². The summed E-state index contributed by atoms with van der Waals surface area (Å²) in [4.78, 5) is 17.9. The van der Waals surface area contributed by atoms with Gasteiger partial charge in [-0.2, -0.15) is 0 Å². The van der Waals surface area contributed by atoms with E-state index in [4.69, 9.17) is 14.5 Å². The van der Waals surface area contributed by atoms with Crippen molar-refractivity contribution >= 4 is 28.6 Å². The summed E-state index contributed by atoms with van der Waals surface area (Å²) < 4.78 is 10.9. The topological polar surface area (TPSA) is 60.5 Å². The summed E-state index contributed by atoms with van der Waals surface area (Å²) in [6.07, 6.45) is 0. The number of nitrogens with zero attached hydrogens (tertiary/aromatic N) is 1. The Morgan fingerprint density at radius 1 is 1.20 bits per heavy atom. The summed E-state index contributed by atoms with van der Waals surface area (Å²) in [5.41, 5.74) is 1.83. The Balaban J connectivity index is 1.87. The van der Waals surface area contributed by atoms with Crippen LogP contribution in [0.2, 0.25) is 0 Å². The monoisotopic (exact) mass is 374 g/mol. The molecule has 1 amide bonds. The minimum atomic E-state index is -0.0315. The molecule has 1 N–H and O–H groups in total. The van der Waals surface area contributed by atoms with E-state index in [1.165, 1.54) is 6.92 Å². The van der Waals surface area contributed by atoms with Gasteiger partial charge >= 0.3 is 0 Å². The second kappa shape index (κ2) is 7.67. The van der Waals surface area contributed by atoms with E-state index in [2.05, 4.69) is 5.32 Å².